The summed E-state index contributed by atoms with van der Waals surface area (Å²) in [5.74, 6) is 0.0428. The first-order valence-corrected chi connectivity index (χ1v) is 5.25. The van der Waals surface area contributed by atoms with E-state index in [1.807, 2.05) is 6.92 Å². The van der Waals surface area contributed by atoms with E-state index in [4.69, 9.17) is 16.0 Å². The van der Waals surface area contributed by atoms with Crippen molar-refractivity contribution in [2.24, 2.45) is 0 Å². The van der Waals surface area contributed by atoms with Crippen LogP contribution in [0.5, 0.6) is 0 Å². The van der Waals surface area contributed by atoms with E-state index in [9.17, 15) is 4.79 Å². The highest BCUT2D eigenvalue weighted by Gasteiger charge is 2.31. The Morgan fingerprint density at radius 3 is 3.00 bits per heavy atom. The molecule has 1 atom stereocenters. The Morgan fingerprint density at radius 2 is 2.47 bits per heavy atom. The molecule has 1 aromatic rings. The highest BCUT2D eigenvalue weighted by molar-refractivity contribution is 6.29. The van der Waals surface area contributed by atoms with Gasteiger partial charge in [0.1, 0.15) is 0 Å². The smallest absolute Gasteiger partial charge is 0.287 e. The minimum Gasteiger partial charge on any atom is -0.440 e. The Labute approximate surface area is 93.0 Å². The van der Waals surface area contributed by atoms with E-state index >= 15 is 0 Å². The maximum Gasteiger partial charge on any atom is 0.287 e. The number of hydrogen-bond acceptors (Lipinski definition) is 3. The van der Waals surface area contributed by atoms with Gasteiger partial charge in [0.2, 0.25) is 0 Å². The maximum atomic E-state index is 11.7. The van der Waals surface area contributed by atoms with Gasteiger partial charge >= 0.3 is 0 Å². The van der Waals surface area contributed by atoms with Crippen LogP contribution in [0.3, 0.4) is 0 Å². The first kappa shape index (κ1) is 10.5. The number of furan rings is 1. The fourth-order valence-electron chi connectivity index (χ4n) is 1.70. The zero-order valence-corrected chi connectivity index (χ0v) is 9.23. The molecule has 2 N–H and O–H groups in total. The third kappa shape index (κ3) is 2.33. The lowest BCUT2D eigenvalue weighted by Gasteiger charge is -2.23. The van der Waals surface area contributed by atoms with Gasteiger partial charge in [0.25, 0.3) is 5.91 Å². The molecule has 0 aliphatic carbocycles. The molecule has 1 aromatic heterocycles. The van der Waals surface area contributed by atoms with Gasteiger partial charge in [0.05, 0.1) is 5.54 Å². The molecule has 1 saturated heterocycles. The molecule has 4 nitrogen and oxygen atoms in total. The van der Waals surface area contributed by atoms with Crippen molar-refractivity contribution in [3.63, 3.8) is 0 Å². The van der Waals surface area contributed by atoms with E-state index in [0.29, 0.717) is 0 Å². The molecule has 0 bridgehead atoms. The van der Waals surface area contributed by atoms with Crippen molar-refractivity contribution in [2.45, 2.75) is 18.9 Å². The van der Waals surface area contributed by atoms with Crippen LogP contribution in [0.25, 0.3) is 0 Å². The molecular weight excluding hydrogens is 216 g/mol. The molecule has 0 radical (unpaired) electrons. The van der Waals surface area contributed by atoms with Crippen molar-refractivity contribution >= 4 is 17.5 Å². The summed E-state index contributed by atoms with van der Waals surface area (Å²) in [7, 11) is 0. The zero-order chi connectivity index (χ0) is 10.9. The lowest BCUT2D eigenvalue weighted by Crippen LogP contribution is -2.47. The molecule has 15 heavy (non-hydrogen) atoms. The van der Waals surface area contributed by atoms with E-state index in [2.05, 4.69) is 10.6 Å². The zero-order valence-electron chi connectivity index (χ0n) is 8.47. The SMILES string of the molecule is CC1(NC(=O)c2ccc(Cl)o2)CCNC1. The lowest BCUT2D eigenvalue weighted by molar-refractivity contribution is 0.0884. The van der Waals surface area contributed by atoms with Crippen LogP contribution in [0.4, 0.5) is 0 Å². The van der Waals surface area contributed by atoms with Crippen LogP contribution in [0.15, 0.2) is 16.5 Å². The minimum absolute atomic E-state index is 0.184. The van der Waals surface area contributed by atoms with Crippen LogP contribution < -0.4 is 10.6 Å². The van der Waals surface area contributed by atoms with Crippen LogP contribution in [-0.2, 0) is 0 Å². The van der Waals surface area contributed by atoms with Crippen molar-refractivity contribution < 1.29 is 9.21 Å². The molecule has 5 heteroatoms. The average Bonchev–Trinajstić information content (AvgIpc) is 2.75. The molecule has 82 valence electrons. The predicted octanol–water partition coefficient (Wildman–Crippen LogP) is 1.41. The largest absolute Gasteiger partial charge is 0.440 e. The third-order valence-electron chi connectivity index (χ3n) is 2.58. The van der Waals surface area contributed by atoms with Crippen LogP contribution in [0.2, 0.25) is 5.22 Å². The molecule has 0 saturated carbocycles. The topological polar surface area (TPSA) is 54.3 Å². The molecule has 2 rings (SSSR count). The van der Waals surface area contributed by atoms with Gasteiger partial charge in [-0.3, -0.25) is 4.79 Å². The van der Waals surface area contributed by atoms with E-state index in [1.54, 1.807) is 12.1 Å². The van der Waals surface area contributed by atoms with Gasteiger partial charge in [0.15, 0.2) is 11.0 Å². The number of nitrogens with one attached hydrogen (secondary N) is 2. The number of carbonyl (C=O) groups is 1. The molecule has 1 aliphatic heterocycles. The maximum absolute atomic E-state index is 11.7. The molecule has 1 aliphatic rings. The summed E-state index contributed by atoms with van der Waals surface area (Å²) in [4.78, 5) is 11.7. The van der Waals surface area contributed by atoms with Gasteiger partial charge in [-0.1, -0.05) is 0 Å². The van der Waals surface area contributed by atoms with E-state index in [1.165, 1.54) is 0 Å². The van der Waals surface area contributed by atoms with Gasteiger partial charge in [-0.15, -0.1) is 0 Å². The summed E-state index contributed by atoms with van der Waals surface area (Å²) in [6.45, 7) is 3.72. The Kier molecular flexibility index (Phi) is 2.71. The van der Waals surface area contributed by atoms with Crippen molar-refractivity contribution in [1.29, 1.82) is 0 Å². The normalized spacial score (nSPS) is 25.5. The molecule has 0 spiro atoms. The summed E-state index contributed by atoms with van der Waals surface area (Å²) in [5.41, 5.74) is -0.184. The second-order valence-corrected chi connectivity index (χ2v) is 4.42. The van der Waals surface area contributed by atoms with Crippen LogP contribution in [0, 0.1) is 0 Å². The summed E-state index contributed by atoms with van der Waals surface area (Å²) in [5, 5.41) is 6.37. The number of carbonyl (C=O) groups excluding carboxylic acids is 1. The van der Waals surface area contributed by atoms with Crippen molar-refractivity contribution in [2.75, 3.05) is 13.1 Å². The van der Waals surface area contributed by atoms with Crippen molar-refractivity contribution in [3.05, 3.63) is 23.1 Å². The summed E-state index contributed by atoms with van der Waals surface area (Å²) in [6.07, 6.45) is 0.924. The van der Waals surface area contributed by atoms with Crippen molar-refractivity contribution in [3.8, 4) is 0 Å². The van der Waals surface area contributed by atoms with E-state index in [-0.39, 0.29) is 22.4 Å². The molecule has 1 amide bonds. The first-order chi connectivity index (χ1) is 7.09. The van der Waals surface area contributed by atoms with Gasteiger partial charge < -0.3 is 15.1 Å². The summed E-state index contributed by atoms with van der Waals surface area (Å²) in [6, 6.07) is 3.13. The number of amides is 1. The highest BCUT2D eigenvalue weighted by atomic mass is 35.5. The van der Waals surface area contributed by atoms with E-state index in [0.717, 1.165) is 19.5 Å². The standard InChI is InChI=1S/C10H13ClN2O2/c1-10(4-5-12-6-10)13-9(14)7-2-3-8(11)15-7/h2-3,12H,4-6H2,1H3,(H,13,14). The van der Waals surface area contributed by atoms with E-state index < -0.39 is 0 Å². The Bertz CT molecular complexity index is 369. The van der Waals surface area contributed by atoms with Crippen LogP contribution in [-0.4, -0.2) is 24.5 Å². The number of rotatable bonds is 2. The molecule has 2 heterocycles. The molecular formula is C10H13ClN2O2. The Balaban J connectivity index is 2.03. The van der Waals surface area contributed by atoms with Gasteiger partial charge in [0, 0.05) is 6.54 Å². The molecule has 0 aromatic carbocycles. The second kappa shape index (κ2) is 3.87. The second-order valence-electron chi connectivity index (χ2n) is 4.05. The predicted molar refractivity (Wildman–Crippen MR) is 57.1 cm³/mol. The molecule has 1 unspecified atom stereocenters. The van der Waals surface area contributed by atoms with Gasteiger partial charge in [-0.05, 0) is 43.6 Å². The Morgan fingerprint density at radius 1 is 1.67 bits per heavy atom. The Hall–Kier alpha value is -1.00. The van der Waals surface area contributed by atoms with Crippen LogP contribution in [0.1, 0.15) is 23.9 Å². The van der Waals surface area contributed by atoms with Gasteiger partial charge in [-0.2, -0.15) is 0 Å². The van der Waals surface area contributed by atoms with Gasteiger partial charge in [-0.25, -0.2) is 0 Å². The van der Waals surface area contributed by atoms with Crippen LogP contribution >= 0.6 is 11.6 Å². The number of halogens is 1. The molecule has 1 fully saturated rings. The van der Waals surface area contributed by atoms with Crippen molar-refractivity contribution in [1.82, 2.24) is 10.6 Å². The lowest BCUT2D eigenvalue weighted by atomic mass is 10.0. The summed E-state index contributed by atoms with van der Waals surface area (Å²) < 4.78 is 5.03. The first-order valence-electron chi connectivity index (χ1n) is 4.88. The third-order valence-corrected chi connectivity index (χ3v) is 2.78. The summed E-state index contributed by atoms with van der Waals surface area (Å²) >= 11 is 5.60. The fourth-order valence-corrected chi connectivity index (χ4v) is 1.84. The average molecular weight is 229 g/mol. The highest BCUT2D eigenvalue weighted by Crippen LogP contribution is 2.17. The minimum atomic E-state index is -0.215. The quantitative estimate of drug-likeness (QED) is 0.805. The fraction of sp³-hybridized carbons (Fsp3) is 0.500. The monoisotopic (exact) mass is 228 g/mol. The number of hydrogen-bond donors (Lipinski definition) is 2.